The van der Waals surface area contributed by atoms with Crippen molar-refractivity contribution >= 4 is 18.3 Å². The number of rotatable bonds is 4. The van der Waals surface area contributed by atoms with Gasteiger partial charge >= 0.3 is 12.8 Å². The van der Waals surface area contributed by atoms with Crippen LogP contribution in [0.1, 0.15) is 0 Å². The first-order valence-electron chi connectivity index (χ1n) is 4.27. The molecule has 0 aromatic heterocycles. The van der Waals surface area contributed by atoms with E-state index in [1.165, 1.54) is 20.3 Å². The van der Waals surface area contributed by atoms with Crippen LogP contribution in [0.5, 0.6) is 11.5 Å². The third-order valence-corrected chi connectivity index (χ3v) is 1.98. The predicted octanol–water partition coefficient (Wildman–Crippen LogP) is -0.708. The molecule has 0 aliphatic heterocycles. The summed E-state index contributed by atoms with van der Waals surface area (Å²) in [6.07, 6.45) is 0. The molecule has 8 heteroatoms. The van der Waals surface area contributed by atoms with Crippen LogP contribution in [0.2, 0.25) is 0 Å². The number of hydrogen-bond acceptors (Lipinski definition) is 6. The fourth-order valence-electron chi connectivity index (χ4n) is 1.25. The van der Waals surface area contributed by atoms with E-state index < -0.39 is 12.0 Å². The molecule has 2 N–H and O–H groups in total. The van der Waals surface area contributed by atoms with Crippen LogP contribution in [0.15, 0.2) is 12.1 Å². The van der Waals surface area contributed by atoms with Crippen molar-refractivity contribution in [2.24, 2.45) is 0 Å². The highest BCUT2D eigenvalue weighted by Crippen LogP contribution is 2.35. The van der Waals surface area contributed by atoms with Crippen LogP contribution in [-0.4, -0.2) is 36.3 Å². The van der Waals surface area contributed by atoms with E-state index >= 15 is 0 Å². The van der Waals surface area contributed by atoms with Gasteiger partial charge in [0, 0.05) is 6.07 Å². The van der Waals surface area contributed by atoms with Gasteiger partial charge in [0.25, 0.3) is 0 Å². The van der Waals surface area contributed by atoms with Crippen molar-refractivity contribution in [2.45, 2.75) is 0 Å². The normalized spacial score (nSPS) is 9.75. The molecule has 0 radical (unpaired) electrons. The first-order valence-corrected chi connectivity index (χ1v) is 4.27. The highest BCUT2D eigenvalue weighted by atomic mass is 16.6. The Kier molecular flexibility index (Phi) is 3.70. The number of nitro groups is 1. The van der Waals surface area contributed by atoms with Crippen molar-refractivity contribution in [3.05, 3.63) is 22.2 Å². The zero-order valence-electron chi connectivity index (χ0n) is 8.71. The number of benzene rings is 1. The molecular formula is C8H10BNO6. The smallest absolute Gasteiger partial charge is 0.488 e. The zero-order valence-corrected chi connectivity index (χ0v) is 8.71. The van der Waals surface area contributed by atoms with E-state index in [0.29, 0.717) is 0 Å². The summed E-state index contributed by atoms with van der Waals surface area (Å²) in [4.78, 5) is 10.0. The van der Waals surface area contributed by atoms with Crippen molar-refractivity contribution in [1.82, 2.24) is 0 Å². The lowest BCUT2D eigenvalue weighted by molar-refractivity contribution is -0.385. The van der Waals surface area contributed by atoms with Gasteiger partial charge in [0.2, 0.25) is 5.75 Å². The summed E-state index contributed by atoms with van der Waals surface area (Å²) in [6.45, 7) is 0. The molecule has 0 bridgehead atoms. The second kappa shape index (κ2) is 4.82. The first kappa shape index (κ1) is 12.3. The lowest BCUT2D eigenvalue weighted by atomic mass is 9.80. The molecule has 0 heterocycles. The van der Waals surface area contributed by atoms with Crippen molar-refractivity contribution in [3.63, 3.8) is 0 Å². The fraction of sp³-hybridized carbons (Fsp3) is 0.250. The summed E-state index contributed by atoms with van der Waals surface area (Å²) < 4.78 is 9.70. The van der Waals surface area contributed by atoms with Crippen molar-refractivity contribution in [1.29, 1.82) is 0 Å². The summed E-state index contributed by atoms with van der Waals surface area (Å²) in [6, 6.07) is 2.28. The number of methoxy groups -OCH3 is 2. The van der Waals surface area contributed by atoms with Gasteiger partial charge in [-0.05, 0) is 11.5 Å². The standard InChI is InChI=1S/C8H10BNO6/c1-15-7-4-5(9(11)12)3-6(10(13)14)8(7)16-2/h3-4,11-12H,1-2H3. The maximum absolute atomic E-state index is 10.7. The van der Waals surface area contributed by atoms with Gasteiger partial charge in [0.05, 0.1) is 19.1 Å². The molecule has 0 saturated carbocycles. The third kappa shape index (κ3) is 2.23. The number of nitrogens with zero attached hydrogens (tertiary/aromatic N) is 1. The van der Waals surface area contributed by atoms with E-state index in [1.54, 1.807) is 0 Å². The van der Waals surface area contributed by atoms with Gasteiger partial charge < -0.3 is 19.5 Å². The van der Waals surface area contributed by atoms with E-state index in [4.69, 9.17) is 19.5 Å². The van der Waals surface area contributed by atoms with E-state index in [1.807, 2.05) is 0 Å². The molecule has 7 nitrogen and oxygen atoms in total. The predicted molar refractivity (Wildman–Crippen MR) is 56.0 cm³/mol. The highest BCUT2D eigenvalue weighted by Gasteiger charge is 2.25. The summed E-state index contributed by atoms with van der Waals surface area (Å²) >= 11 is 0. The summed E-state index contributed by atoms with van der Waals surface area (Å²) in [5, 5.41) is 28.6. The molecule has 0 aliphatic rings. The second-order valence-corrected chi connectivity index (χ2v) is 2.91. The van der Waals surface area contributed by atoms with Crippen LogP contribution in [0.4, 0.5) is 5.69 Å². The Balaban J connectivity index is 3.43. The average Bonchev–Trinajstić information content (AvgIpc) is 2.26. The topological polar surface area (TPSA) is 102 Å². The Labute approximate surface area is 91.5 Å². The minimum Gasteiger partial charge on any atom is -0.493 e. The van der Waals surface area contributed by atoms with E-state index in [-0.39, 0.29) is 22.6 Å². The molecular weight excluding hydrogens is 217 g/mol. The zero-order chi connectivity index (χ0) is 12.3. The Hall–Kier alpha value is -1.80. The van der Waals surface area contributed by atoms with Gasteiger partial charge in [-0.1, -0.05) is 0 Å². The highest BCUT2D eigenvalue weighted by molar-refractivity contribution is 6.58. The molecule has 1 aromatic rings. The van der Waals surface area contributed by atoms with Gasteiger partial charge in [-0.25, -0.2) is 0 Å². The quantitative estimate of drug-likeness (QED) is 0.400. The van der Waals surface area contributed by atoms with Crippen LogP contribution in [0.3, 0.4) is 0 Å². The molecule has 0 aliphatic carbocycles. The third-order valence-electron chi connectivity index (χ3n) is 1.98. The Morgan fingerprint density at radius 1 is 1.31 bits per heavy atom. The van der Waals surface area contributed by atoms with E-state index in [9.17, 15) is 10.1 Å². The lowest BCUT2D eigenvalue weighted by Gasteiger charge is -2.09. The maximum atomic E-state index is 10.7. The molecule has 0 amide bonds. The first-order chi connectivity index (χ1) is 7.51. The maximum Gasteiger partial charge on any atom is 0.488 e. The molecule has 0 spiro atoms. The Morgan fingerprint density at radius 2 is 1.94 bits per heavy atom. The number of nitro benzene ring substituents is 1. The number of ether oxygens (including phenoxy) is 2. The Bertz CT molecular complexity index is 408. The lowest BCUT2D eigenvalue weighted by Crippen LogP contribution is -2.30. The number of hydrogen-bond donors (Lipinski definition) is 2. The van der Waals surface area contributed by atoms with E-state index in [0.717, 1.165) is 6.07 Å². The largest absolute Gasteiger partial charge is 0.493 e. The molecule has 0 saturated heterocycles. The fourth-order valence-corrected chi connectivity index (χ4v) is 1.25. The van der Waals surface area contributed by atoms with Crippen LogP contribution in [0, 0.1) is 10.1 Å². The minimum atomic E-state index is -1.81. The molecule has 1 rings (SSSR count). The molecule has 0 atom stereocenters. The van der Waals surface area contributed by atoms with Crippen LogP contribution in [-0.2, 0) is 0 Å². The summed E-state index contributed by atoms with van der Waals surface area (Å²) in [7, 11) is 0.758. The van der Waals surface area contributed by atoms with Crippen molar-refractivity contribution in [3.8, 4) is 11.5 Å². The Morgan fingerprint density at radius 3 is 2.31 bits per heavy atom. The van der Waals surface area contributed by atoms with Gasteiger partial charge in [-0.15, -0.1) is 0 Å². The van der Waals surface area contributed by atoms with Crippen molar-refractivity contribution < 1.29 is 24.4 Å². The van der Waals surface area contributed by atoms with E-state index in [2.05, 4.69) is 0 Å². The monoisotopic (exact) mass is 227 g/mol. The SMILES string of the molecule is COc1cc(B(O)O)cc([N+](=O)[O-])c1OC. The van der Waals surface area contributed by atoms with Gasteiger partial charge in [-0.2, -0.15) is 0 Å². The average molecular weight is 227 g/mol. The molecule has 16 heavy (non-hydrogen) atoms. The van der Waals surface area contributed by atoms with Crippen LogP contribution >= 0.6 is 0 Å². The summed E-state index contributed by atoms with van der Waals surface area (Å²) in [5.74, 6) is 0.0108. The minimum absolute atomic E-state index is 0.0376. The molecule has 0 unspecified atom stereocenters. The van der Waals surface area contributed by atoms with Gasteiger partial charge in [0.1, 0.15) is 0 Å². The van der Waals surface area contributed by atoms with Crippen molar-refractivity contribution in [2.75, 3.05) is 14.2 Å². The molecule has 86 valence electrons. The van der Waals surface area contributed by atoms with Gasteiger partial charge in [-0.3, -0.25) is 10.1 Å². The second-order valence-electron chi connectivity index (χ2n) is 2.91. The van der Waals surface area contributed by atoms with Gasteiger partial charge in [0.15, 0.2) is 5.75 Å². The van der Waals surface area contributed by atoms with Crippen LogP contribution in [0.25, 0.3) is 0 Å². The molecule has 0 fully saturated rings. The molecule has 1 aromatic carbocycles. The van der Waals surface area contributed by atoms with Crippen LogP contribution < -0.4 is 14.9 Å². The summed E-state index contributed by atoms with van der Waals surface area (Å²) in [5.41, 5.74) is -0.422.